The second kappa shape index (κ2) is 85.8. The number of aliphatic hydroxyl groups excluding tert-OH is 1. The summed E-state index contributed by atoms with van der Waals surface area (Å²) in [5.74, 6) is -0.575. The van der Waals surface area contributed by atoms with E-state index in [0.717, 1.165) is 96.3 Å². The van der Waals surface area contributed by atoms with Gasteiger partial charge < -0.3 is 14.6 Å². The standard InChI is InChI=1S/C91H162O5/c1-3-5-7-9-11-13-15-17-19-21-23-25-27-29-31-33-35-37-39-41-43-45-47-49-51-53-55-57-59-61-63-65-67-69-71-73-75-77-79-81-83-85-90(93)95-88-89(87-92)96-91(94)86-84-82-80-78-76-74-72-70-68-66-64-62-60-58-56-54-52-50-48-46-44-42-40-38-36-34-32-30-28-26-24-22-20-18-16-14-12-10-8-6-4-2/h6,8,12,14,18,20,24,26,30,32,36,38,42,44,48,50,54,56,89,92H,3-5,7,9-11,13,15-17,19,21-23,25,27-29,31,33-35,37,39-41,43,45-47,49,51-53,55,57-88H2,1-2H3/b8-6-,14-12-,20-18-,26-24-,32-30-,38-36-,44-42-,50-48-,56-54-. The van der Waals surface area contributed by atoms with E-state index in [1.165, 1.54) is 315 Å². The van der Waals surface area contributed by atoms with Gasteiger partial charge in [-0.25, -0.2) is 0 Å². The van der Waals surface area contributed by atoms with Crippen molar-refractivity contribution in [3.05, 3.63) is 109 Å². The molecule has 0 heterocycles. The molecule has 1 unspecified atom stereocenters. The highest BCUT2D eigenvalue weighted by Gasteiger charge is 2.16. The zero-order valence-corrected chi connectivity index (χ0v) is 64.1. The Bertz CT molecular complexity index is 1810. The van der Waals surface area contributed by atoms with Crippen LogP contribution in [0.15, 0.2) is 109 Å². The summed E-state index contributed by atoms with van der Waals surface area (Å²) in [6, 6.07) is 0. The van der Waals surface area contributed by atoms with Gasteiger partial charge in [-0.2, -0.15) is 0 Å². The van der Waals surface area contributed by atoms with Crippen LogP contribution in [0.2, 0.25) is 0 Å². The van der Waals surface area contributed by atoms with Gasteiger partial charge in [0.25, 0.3) is 0 Å². The van der Waals surface area contributed by atoms with E-state index in [1.807, 2.05) is 0 Å². The van der Waals surface area contributed by atoms with Gasteiger partial charge in [-0.1, -0.05) is 451 Å². The van der Waals surface area contributed by atoms with Gasteiger partial charge in [0.2, 0.25) is 0 Å². The number of carbonyl (C=O) groups is 2. The van der Waals surface area contributed by atoms with Crippen molar-refractivity contribution in [3.8, 4) is 0 Å². The van der Waals surface area contributed by atoms with Gasteiger partial charge in [0.05, 0.1) is 6.61 Å². The number of ether oxygens (including phenoxy) is 2. The van der Waals surface area contributed by atoms with Crippen molar-refractivity contribution in [2.45, 2.75) is 444 Å². The third kappa shape index (κ3) is 83.0. The molecule has 0 saturated heterocycles. The molecule has 1 atom stereocenters. The molecule has 96 heavy (non-hydrogen) atoms. The Morgan fingerprint density at radius 3 is 0.677 bits per heavy atom. The molecule has 556 valence electrons. The average molecular weight is 1340 g/mol. The second-order valence-electron chi connectivity index (χ2n) is 28.5. The van der Waals surface area contributed by atoms with Crippen molar-refractivity contribution >= 4 is 11.9 Å². The Morgan fingerprint density at radius 1 is 0.250 bits per heavy atom. The molecule has 5 heteroatoms. The van der Waals surface area contributed by atoms with E-state index in [9.17, 15) is 14.7 Å². The molecule has 0 aliphatic heterocycles. The number of rotatable bonds is 79. The predicted molar refractivity (Wildman–Crippen MR) is 426 cm³/mol. The van der Waals surface area contributed by atoms with E-state index in [2.05, 4.69) is 123 Å². The number of unbranched alkanes of at least 4 members (excludes halogenated alkanes) is 53. The molecule has 0 amide bonds. The van der Waals surface area contributed by atoms with E-state index in [0.29, 0.717) is 12.8 Å². The van der Waals surface area contributed by atoms with Crippen molar-refractivity contribution in [2.75, 3.05) is 13.2 Å². The van der Waals surface area contributed by atoms with Crippen LogP contribution >= 0.6 is 0 Å². The van der Waals surface area contributed by atoms with E-state index in [1.54, 1.807) is 0 Å². The maximum Gasteiger partial charge on any atom is 0.306 e. The fraction of sp³-hybridized carbons (Fsp3) is 0.780. The molecule has 0 aromatic carbocycles. The zero-order valence-electron chi connectivity index (χ0n) is 64.1. The summed E-state index contributed by atoms with van der Waals surface area (Å²) in [4.78, 5) is 24.8. The average Bonchev–Trinajstić information content (AvgIpc) is 3.79. The van der Waals surface area contributed by atoms with Gasteiger partial charge in [0.15, 0.2) is 6.10 Å². The first-order valence-electron chi connectivity index (χ1n) is 42.4. The molecule has 5 nitrogen and oxygen atoms in total. The maximum atomic E-state index is 12.4. The highest BCUT2D eigenvalue weighted by Crippen LogP contribution is 2.20. The Hall–Kier alpha value is -3.44. The minimum Gasteiger partial charge on any atom is -0.462 e. The lowest BCUT2D eigenvalue weighted by Crippen LogP contribution is -2.28. The van der Waals surface area contributed by atoms with Crippen LogP contribution in [0.5, 0.6) is 0 Å². The smallest absolute Gasteiger partial charge is 0.306 e. The van der Waals surface area contributed by atoms with Gasteiger partial charge in [-0.05, 0) is 83.5 Å². The number of allylic oxidation sites excluding steroid dienone is 18. The van der Waals surface area contributed by atoms with Crippen molar-refractivity contribution in [1.82, 2.24) is 0 Å². The first-order valence-corrected chi connectivity index (χ1v) is 42.4. The van der Waals surface area contributed by atoms with Crippen LogP contribution < -0.4 is 0 Å². The quantitative estimate of drug-likeness (QED) is 0.0373. The Labute approximate surface area is 599 Å². The van der Waals surface area contributed by atoms with Gasteiger partial charge in [0.1, 0.15) is 6.61 Å². The number of hydrogen-bond acceptors (Lipinski definition) is 5. The molecular formula is C91H162O5. The van der Waals surface area contributed by atoms with Crippen LogP contribution in [-0.2, 0) is 19.1 Å². The molecule has 0 aromatic heterocycles. The van der Waals surface area contributed by atoms with Crippen LogP contribution in [0.1, 0.15) is 438 Å². The Balaban J connectivity index is 3.42. The molecular weight excluding hydrogens is 1170 g/mol. The molecule has 0 saturated carbocycles. The normalized spacial score (nSPS) is 12.7. The molecule has 0 aliphatic carbocycles. The molecule has 0 bridgehead atoms. The van der Waals surface area contributed by atoms with Crippen LogP contribution in [0, 0.1) is 0 Å². The van der Waals surface area contributed by atoms with E-state index in [-0.39, 0.29) is 25.2 Å². The van der Waals surface area contributed by atoms with Crippen LogP contribution in [-0.4, -0.2) is 36.4 Å². The first-order chi connectivity index (χ1) is 47.6. The molecule has 0 spiro atoms. The topological polar surface area (TPSA) is 72.8 Å². The summed E-state index contributed by atoms with van der Waals surface area (Å²) in [5.41, 5.74) is 0. The molecule has 1 N–H and O–H groups in total. The summed E-state index contributed by atoms with van der Waals surface area (Å²) in [6.45, 7) is 4.08. The molecule has 0 fully saturated rings. The third-order valence-corrected chi connectivity index (χ3v) is 19.1. The number of hydrogen-bond donors (Lipinski definition) is 1. The van der Waals surface area contributed by atoms with Crippen molar-refractivity contribution in [1.29, 1.82) is 0 Å². The monoisotopic (exact) mass is 1340 g/mol. The van der Waals surface area contributed by atoms with Crippen molar-refractivity contribution < 1.29 is 24.2 Å². The summed E-state index contributed by atoms with van der Waals surface area (Å²) < 4.78 is 10.8. The minimum atomic E-state index is -0.778. The number of carbonyl (C=O) groups excluding carboxylic acids is 2. The third-order valence-electron chi connectivity index (χ3n) is 19.1. The van der Waals surface area contributed by atoms with Gasteiger partial charge in [-0.15, -0.1) is 0 Å². The SMILES string of the molecule is CC/C=C\C/C=C\C/C=C\C/C=C\C/C=C\C/C=C\C/C=C\C/C=C\C/C=C\CCCCCCCCCCCCCCCC(=O)OC(CO)COC(=O)CCCCCCCCCCCCCCCCCCCCCCCCCCCCCCCCCCCCCCCCCCC. The summed E-state index contributed by atoms with van der Waals surface area (Å²) >= 11 is 0. The molecule has 0 radical (unpaired) electrons. The summed E-state index contributed by atoms with van der Waals surface area (Å²) in [7, 11) is 0. The van der Waals surface area contributed by atoms with Gasteiger partial charge in [-0.3, -0.25) is 9.59 Å². The van der Waals surface area contributed by atoms with E-state index < -0.39 is 6.10 Å². The summed E-state index contributed by atoms with van der Waals surface area (Å²) in [6.07, 6.45) is 125. The lowest BCUT2D eigenvalue weighted by Gasteiger charge is -2.15. The second-order valence-corrected chi connectivity index (χ2v) is 28.5. The summed E-state index contributed by atoms with van der Waals surface area (Å²) in [5, 5.41) is 9.74. The molecule has 0 rings (SSSR count). The van der Waals surface area contributed by atoms with E-state index >= 15 is 0 Å². The van der Waals surface area contributed by atoms with Crippen LogP contribution in [0.25, 0.3) is 0 Å². The minimum absolute atomic E-state index is 0.0652. The van der Waals surface area contributed by atoms with Crippen LogP contribution in [0.4, 0.5) is 0 Å². The fourth-order valence-electron chi connectivity index (χ4n) is 12.8. The highest BCUT2D eigenvalue weighted by atomic mass is 16.6. The Kier molecular flexibility index (Phi) is 82.7. The zero-order chi connectivity index (χ0) is 69.0. The largest absolute Gasteiger partial charge is 0.462 e. The molecule has 0 aromatic rings. The molecule has 0 aliphatic rings. The fourth-order valence-corrected chi connectivity index (χ4v) is 12.8. The lowest BCUT2D eigenvalue weighted by molar-refractivity contribution is -0.161. The number of esters is 2. The van der Waals surface area contributed by atoms with Crippen molar-refractivity contribution in [3.63, 3.8) is 0 Å². The Morgan fingerprint density at radius 2 is 0.448 bits per heavy atom. The lowest BCUT2D eigenvalue weighted by atomic mass is 10.0. The van der Waals surface area contributed by atoms with Crippen molar-refractivity contribution in [2.24, 2.45) is 0 Å². The van der Waals surface area contributed by atoms with Gasteiger partial charge in [0, 0.05) is 12.8 Å². The van der Waals surface area contributed by atoms with E-state index in [4.69, 9.17) is 9.47 Å². The highest BCUT2D eigenvalue weighted by molar-refractivity contribution is 5.70. The predicted octanol–water partition coefficient (Wildman–Crippen LogP) is 30.2. The van der Waals surface area contributed by atoms with Gasteiger partial charge >= 0.3 is 11.9 Å². The number of aliphatic hydroxyl groups is 1. The maximum absolute atomic E-state index is 12.4. The van der Waals surface area contributed by atoms with Crippen LogP contribution in [0.3, 0.4) is 0 Å². The first kappa shape index (κ1) is 92.6.